The Morgan fingerprint density at radius 3 is 2.48 bits per heavy atom. The maximum atomic E-state index is 12.0. The van der Waals surface area contributed by atoms with Gasteiger partial charge in [-0.05, 0) is 36.8 Å². The van der Waals surface area contributed by atoms with Gasteiger partial charge in [-0.2, -0.15) is 0 Å². The van der Waals surface area contributed by atoms with Gasteiger partial charge < -0.3 is 19.4 Å². The molecule has 0 saturated heterocycles. The molecule has 23 heavy (non-hydrogen) atoms. The summed E-state index contributed by atoms with van der Waals surface area (Å²) in [6.45, 7) is 1.90. The summed E-state index contributed by atoms with van der Waals surface area (Å²) in [6.07, 6.45) is 0.876. The summed E-state index contributed by atoms with van der Waals surface area (Å²) in [6, 6.07) is 10.7. The van der Waals surface area contributed by atoms with Crippen LogP contribution in [0, 0.1) is 0 Å². The standard InChI is InChI=1S/C17H20N2O4/c1-12(23-17(21)15-5-4-10-19(15)2)16(20)18-11-13-6-8-14(22-3)9-7-13/h4-10,12H,11H2,1-3H3,(H,18,20)/t12-/m0/s1. The highest BCUT2D eigenvalue weighted by Gasteiger charge is 2.19. The van der Waals surface area contributed by atoms with E-state index in [9.17, 15) is 9.59 Å². The first-order chi connectivity index (χ1) is 11.0. The number of rotatable bonds is 6. The third kappa shape index (κ3) is 4.35. The van der Waals surface area contributed by atoms with E-state index in [1.165, 1.54) is 0 Å². The van der Waals surface area contributed by atoms with Crippen molar-refractivity contribution in [3.05, 3.63) is 53.9 Å². The molecule has 2 aromatic rings. The molecule has 1 aromatic heterocycles. The molecule has 2 rings (SSSR count). The molecule has 0 bridgehead atoms. The summed E-state index contributed by atoms with van der Waals surface area (Å²) in [7, 11) is 3.34. The highest BCUT2D eigenvalue weighted by Crippen LogP contribution is 2.11. The molecule has 0 spiro atoms. The Kier molecular flexibility index (Phi) is 5.41. The number of amides is 1. The van der Waals surface area contributed by atoms with E-state index < -0.39 is 12.1 Å². The SMILES string of the molecule is COc1ccc(CNC(=O)[C@H](C)OC(=O)c2cccn2C)cc1. The molecular formula is C17H20N2O4. The third-order valence-corrected chi connectivity index (χ3v) is 3.43. The van der Waals surface area contributed by atoms with Gasteiger partial charge in [-0.3, -0.25) is 4.79 Å². The summed E-state index contributed by atoms with van der Waals surface area (Å²) in [5.41, 5.74) is 1.33. The Labute approximate surface area is 135 Å². The van der Waals surface area contributed by atoms with Crippen LogP contribution < -0.4 is 10.1 Å². The Bertz CT molecular complexity index is 676. The van der Waals surface area contributed by atoms with Crippen LogP contribution >= 0.6 is 0 Å². The lowest BCUT2D eigenvalue weighted by Gasteiger charge is -2.14. The van der Waals surface area contributed by atoms with E-state index in [1.807, 2.05) is 24.3 Å². The van der Waals surface area contributed by atoms with Crippen LogP contribution in [-0.4, -0.2) is 29.7 Å². The summed E-state index contributed by atoms with van der Waals surface area (Å²) >= 11 is 0. The summed E-state index contributed by atoms with van der Waals surface area (Å²) in [5.74, 6) is -0.113. The first-order valence-electron chi connectivity index (χ1n) is 7.24. The number of carbonyl (C=O) groups excluding carboxylic acids is 2. The van der Waals surface area contributed by atoms with Crippen molar-refractivity contribution >= 4 is 11.9 Å². The highest BCUT2D eigenvalue weighted by molar-refractivity contribution is 5.90. The van der Waals surface area contributed by atoms with Gasteiger partial charge >= 0.3 is 5.97 Å². The van der Waals surface area contributed by atoms with Gasteiger partial charge in [0.15, 0.2) is 6.10 Å². The van der Waals surface area contributed by atoms with Crippen LogP contribution in [0.25, 0.3) is 0 Å². The zero-order chi connectivity index (χ0) is 16.8. The fraction of sp³-hybridized carbons (Fsp3) is 0.294. The topological polar surface area (TPSA) is 69.6 Å². The fourth-order valence-corrected chi connectivity index (χ4v) is 2.02. The lowest BCUT2D eigenvalue weighted by atomic mass is 10.2. The Balaban J connectivity index is 1.84. The third-order valence-electron chi connectivity index (χ3n) is 3.43. The minimum Gasteiger partial charge on any atom is -0.497 e. The number of benzene rings is 1. The number of nitrogens with one attached hydrogen (secondary N) is 1. The normalized spacial score (nSPS) is 11.6. The number of ether oxygens (including phenoxy) is 2. The van der Waals surface area contributed by atoms with Gasteiger partial charge in [-0.1, -0.05) is 12.1 Å². The second-order valence-electron chi connectivity index (χ2n) is 5.12. The van der Waals surface area contributed by atoms with Crippen LogP contribution in [0.15, 0.2) is 42.6 Å². The number of esters is 1. The van der Waals surface area contributed by atoms with Crippen LogP contribution in [0.2, 0.25) is 0 Å². The van der Waals surface area contributed by atoms with Crippen molar-refractivity contribution in [2.24, 2.45) is 7.05 Å². The van der Waals surface area contributed by atoms with Gasteiger partial charge in [0.25, 0.3) is 5.91 Å². The molecule has 6 heteroatoms. The monoisotopic (exact) mass is 316 g/mol. The zero-order valence-corrected chi connectivity index (χ0v) is 13.4. The zero-order valence-electron chi connectivity index (χ0n) is 13.4. The molecule has 122 valence electrons. The number of carbonyl (C=O) groups is 2. The average molecular weight is 316 g/mol. The van der Waals surface area contributed by atoms with Crippen LogP contribution in [0.5, 0.6) is 5.75 Å². The van der Waals surface area contributed by atoms with Crippen LogP contribution in [0.4, 0.5) is 0 Å². The summed E-state index contributed by atoms with van der Waals surface area (Å²) in [4.78, 5) is 24.0. The first-order valence-corrected chi connectivity index (χ1v) is 7.24. The van der Waals surface area contributed by atoms with Crippen molar-refractivity contribution in [1.29, 1.82) is 0 Å². The lowest BCUT2D eigenvalue weighted by molar-refractivity contribution is -0.129. The molecule has 0 aliphatic heterocycles. The molecule has 0 saturated carbocycles. The molecule has 0 unspecified atom stereocenters. The van der Waals surface area contributed by atoms with Gasteiger partial charge in [0, 0.05) is 19.8 Å². The lowest BCUT2D eigenvalue weighted by Crippen LogP contribution is -2.35. The first kappa shape index (κ1) is 16.6. The quantitative estimate of drug-likeness (QED) is 0.826. The van der Waals surface area contributed by atoms with Gasteiger partial charge in [0.05, 0.1) is 7.11 Å². The largest absolute Gasteiger partial charge is 0.497 e. The summed E-state index contributed by atoms with van der Waals surface area (Å²) < 4.78 is 11.9. The molecule has 0 aliphatic carbocycles. The predicted octanol–water partition coefficient (Wildman–Crippen LogP) is 1.90. The van der Waals surface area contributed by atoms with E-state index >= 15 is 0 Å². The van der Waals surface area contributed by atoms with Gasteiger partial charge in [-0.15, -0.1) is 0 Å². The van der Waals surface area contributed by atoms with Crippen LogP contribution in [-0.2, 0) is 23.1 Å². The van der Waals surface area contributed by atoms with Crippen molar-refractivity contribution < 1.29 is 19.1 Å². The fourth-order valence-electron chi connectivity index (χ4n) is 2.02. The van der Waals surface area contributed by atoms with E-state index in [-0.39, 0.29) is 5.91 Å². The molecule has 1 amide bonds. The van der Waals surface area contributed by atoms with E-state index in [4.69, 9.17) is 9.47 Å². The Hall–Kier alpha value is -2.76. The maximum absolute atomic E-state index is 12.0. The number of hydrogen-bond donors (Lipinski definition) is 1. The molecule has 1 aromatic carbocycles. The van der Waals surface area contributed by atoms with E-state index in [0.29, 0.717) is 12.2 Å². The van der Waals surface area contributed by atoms with Crippen LogP contribution in [0.1, 0.15) is 23.0 Å². The molecule has 0 aliphatic rings. The summed E-state index contributed by atoms with van der Waals surface area (Å²) in [5, 5.41) is 2.74. The minimum absolute atomic E-state index is 0.344. The second kappa shape index (κ2) is 7.49. The van der Waals surface area contributed by atoms with E-state index in [2.05, 4.69) is 5.32 Å². The van der Waals surface area contributed by atoms with Gasteiger partial charge in [-0.25, -0.2) is 4.79 Å². The van der Waals surface area contributed by atoms with E-state index in [1.54, 1.807) is 44.0 Å². The van der Waals surface area contributed by atoms with E-state index in [0.717, 1.165) is 11.3 Å². The molecule has 0 radical (unpaired) electrons. The second-order valence-corrected chi connectivity index (χ2v) is 5.12. The number of aryl methyl sites for hydroxylation is 1. The molecule has 1 heterocycles. The van der Waals surface area contributed by atoms with Crippen LogP contribution in [0.3, 0.4) is 0 Å². The smallest absolute Gasteiger partial charge is 0.355 e. The van der Waals surface area contributed by atoms with Gasteiger partial charge in [0.1, 0.15) is 11.4 Å². The molecule has 0 fully saturated rings. The van der Waals surface area contributed by atoms with Crippen molar-refractivity contribution in [2.75, 3.05) is 7.11 Å². The average Bonchev–Trinajstić information content (AvgIpc) is 2.99. The highest BCUT2D eigenvalue weighted by atomic mass is 16.5. The Morgan fingerprint density at radius 2 is 1.91 bits per heavy atom. The molecule has 1 N–H and O–H groups in total. The molecule has 1 atom stereocenters. The van der Waals surface area contributed by atoms with Gasteiger partial charge in [0.2, 0.25) is 0 Å². The van der Waals surface area contributed by atoms with Crippen molar-refractivity contribution in [3.8, 4) is 5.75 Å². The number of nitrogens with zero attached hydrogens (tertiary/aromatic N) is 1. The number of methoxy groups -OCH3 is 1. The Morgan fingerprint density at radius 1 is 1.22 bits per heavy atom. The van der Waals surface area contributed by atoms with Crippen molar-refractivity contribution in [2.45, 2.75) is 19.6 Å². The molecular weight excluding hydrogens is 296 g/mol. The number of aromatic nitrogens is 1. The minimum atomic E-state index is -0.865. The predicted molar refractivity (Wildman–Crippen MR) is 85.1 cm³/mol. The van der Waals surface area contributed by atoms with Crippen molar-refractivity contribution in [3.63, 3.8) is 0 Å². The molecule has 6 nitrogen and oxygen atoms in total. The van der Waals surface area contributed by atoms with Crippen molar-refractivity contribution in [1.82, 2.24) is 9.88 Å². The number of hydrogen-bond acceptors (Lipinski definition) is 4. The maximum Gasteiger partial charge on any atom is 0.355 e.